The van der Waals surface area contributed by atoms with Gasteiger partial charge in [-0.3, -0.25) is 0 Å². The number of sulfonamides is 1. The molecule has 0 aliphatic rings. The van der Waals surface area contributed by atoms with Gasteiger partial charge in [0.05, 0.1) is 4.47 Å². The first-order valence-electron chi connectivity index (χ1n) is 6.34. The lowest BCUT2D eigenvalue weighted by Crippen LogP contribution is -2.12. The van der Waals surface area contributed by atoms with Gasteiger partial charge in [-0.2, -0.15) is 0 Å². The zero-order valence-electron chi connectivity index (χ0n) is 11.4. The van der Waals surface area contributed by atoms with Gasteiger partial charge in [0.2, 0.25) is 0 Å². The second-order valence-corrected chi connectivity index (χ2v) is 7.03. The molecule has 5 nitrogen and oxygen atoms in total. The number of aromatic nitrogens is 2. The molecule has 8 heteroatoms. The fourth-order valence-corrected chi connectivity index (χ4v) is 2.89. The van der Waals surface area contributed by atoms with E-state index < -0.39 is 10.0 Å². The Kier molecular flexibility index (Phi) is 4.80. The number of hydrogen-bond donors (Lipinski definition) is 1. The summed E-state index contributed by atoms with van der Waals surface area (Å²) in [5.41, 5.74) is 0.832. The Morgan fingerprint density at radius 1 is 1.43 bits per heavy atom. The van der Waals surface area contributed by atoms with E-state index in [-0.39, 0.29) is 10.8 Å². The molecule has 1 aromatic carbocycles. The number of rotatable bonds is 5. The predicted octanol–water partition coefficient (Wildman–Crippen LogP) is 2.43. The molecule has 0 radical (unpaired) electrons. The maximum absolute atomic E-state index is 13.2. The first-order valence-corrected chi connectivity index (χ1v) is 8.68. The zero-order chi connectivity index (χ0) is 15.6. The second-order valence-electron chi connectivity index (χ2n) is 4.67. The van der Waals surface area contributed by atoms with Crippen LogP contribution in [0.5, 0.6) is 0 Å². The van der Waals surface area contributed by atoms with E-state index in [1.807, 2.05) is 6.92 Å². The molecule has 0 saturated heterocycles. The monoisotopic (exact) mass is 375 g/mol. The van der Waals surface area contributed by atoms with Crippen LogP contribution in [-0.2, 0) is 23.0 Å². The van der Waals surface area contributed by atoms with Crippen LogP contribution >= 0.6 is 15.9 Å². The summed E-state index contributed by atoms with van der Waals surface area (Å²) in [6.45, 7) is 2.38. The Bertz CT molecular complexity index is 759. The largest absolute Gasteiger partial charge is 0.329 e. The van der Waals surface area contributed by atoms with E-state index in [4.69, 9.17) is 5.14 Å². The minimum absolute atomic E-state index is 0.146. The summed E-state index contributed by atoms with van der Waals surface area (Å²) in [7, 11) is -3.83. The average molecular weight is 376 g/mol. The number of hydrogen-bond acceptors (Lipinski definition) is 3. The Morgan fingerprint density at radius 3 is 2.71 bits per heavy atom. The van der Waals surface area contributed by atoms with Crippen LogP contribution in [0.1, 0.15) is 24.7 Å². The number of primary sulfonamides is 1. The molecule has 0 atom stereocenters. The summed E-state index contributed by atoms with van der Waals surface area (Å²) in [5.74, 6) is 0.297. The molecule has 0 bridgehead atoms. The van der Waals surface area contributed by atoms with Gasteiger partial charge in [0.25, 0.3) is 10.0 Å². The summed E-state index contributed by atoms with van der Waals surface area (Å²) in [4.78, 5) is 4.07. The summed E-state index contributed by atoms with van der Waals surface area (Å²) < 4.78 is 38.1. The van der Waals surface area contributed by atoms with Crippen LogP contribution in [0.3, 0.4) is 0 Å². The van der Waals surface area contributed by atoms with Crippen molar-refractivity contribution in [3.8, 4) is 0 Å². The lowest BCUT2D eigenvalue weighted by atomic mass is 10.2. The van der Waals surface area contributed by atoms with Gasteiger partial charge >= 0.3 is 0 Å². The molecule has 0 unspecified atom stereocenters. The predicted molar refractivity (Wildman–Crippen MR) is 80.8 cm³/mol. The van der Waals surface area contributed by atoms with E-state index in [1.165, 1.54) is 12.3 Å². The number of nitrogens with two attached hydrogens (primary N) is 1. The van der Waals surface area contributed by atoms with E-state index in [0.717, 1.165) is 12.0 Å². The first-order chi connectivity index (χ1) is 9.81. The van der Waals surface area contributed by atoms with Gasteiger partial charge in [0.1, 0.15) is 11.6 Å². The molecule has 0 saturated carbocycles. The molecule has 1 aromatic heterocycles. The molecule has 2 aromatic rings. The van der Waals surface area contributed by atoms with Crippen LogP contribution in [-0.4, -0.2) is 18.0 Å². The highest BCUT2D eigenvalue weighted by molar-refractivity contribution is 9.10. The summed E-state index contributed by atoms with van der Waals surface area (Å²) in [6, 6.07) is 4.66. The number of aryl methyl sites for hydroxylation is 1. The van der Waals surface area contributed by atoms with Crippen LogP contribution in [0.15, 0.2) is 33.9 Å². The molecule has 0 spiro atoms. The lowest BCUT2D eigenvalue weighted by Gasteiger charge is -2.07. The van der Waals surface area contributed by atoms with Gasteiger partial charge in [0.15, 0.2) is 5.03 Å². The highest BCUT2D eigenvalue weighted by atomic mass is 79.9. The first kappa shape index (κ1) is 16.1. The van der Waals surface area contributed by atoms with Crippen molar-refractivity contribution in [2.24, 2.45) is 5.14 Å². The number of imidazole rings is 1. The Labute approximate surface area is 131 Å². The molecule has 0 aliphatic heterocycles. The molecule has 1 heterocycles. The van der Waals surface area contributed by atoms with Gasteiger partial charge in [-0.05, 0) is 40.0 Å². The Balaban J connectivity index is 2.37. The van der Waals surface area contributed by atoms with Crippen molar-refractivity contribution in [3.05, 3.63) is 46.1 Å². The van der Waals surface area contributed by atoms with E-state index in [1.54, 1.807) is 16.7 Å². The molecular weight excluding hydrogens is 361 g/mol. The van der Waals surface area contributed by atoms with Gasteiger partial charge in [-0.25, -0.2) is 22.9 Å². The van der Waals surface area contributed by atoms with Crippen molar-refractivity contribution in [2.75, 3.05) is 0 Å². The number of benzene rings is 1. The van der Waals surface area contributed by atoms with Crippen molar-refractivity contribution in [1.29, 1.82) is 0 Å². The fourth-order valence-electron chi connectivity index (χ4n) is 1.96. The molecule has 0 aliphatic carbocycles. The Hall–Kier alpha value is -1.25. The van der Waals surface area contributed by atoms with Gasteiger partial charge in [-0.15, -0.1) is 0 Å². The third kappa shape index (κ3) is 3.90. The van der Waals surface area contributed by atoms with E-state index >= 15 is 0 Å². The van der Waals surface area contributed by atoms with Crippen molar-refractivity contribution in [1.82, 2.24) is 9.55 Å². The minimum atomic E-state index is -3.83. The van der Waals surface area contributed by atoms with Gasteiger partial charge < -0.3 is 4.57 Å². The van der Waals surface area contributed by atoms with E-state index in [2.05, 4.69) is 20.9 Å². The fraction of sp³-hybridized carbons (Fsp3) is 0.308. The second kappa shape index (κ2) is 6.25. The van der Waals surface area contributed by atoms with Crippen LogP contribution in [0, 0.1) is 5.82 Å². The third-order valence-corrected chi connectivity index (χ3v) is 4.33. The topological polar surface area (TPSA) is 78.0 Å². The van der Waals surface area contributed by atoms with Crippen molar-refractivity contribution in [3.63, 3.8) is 0 Å². The van der Waals surface area contributed by atoms with Gasteiger partial charge in [-0.1, -0.05) is 13.0 Å². The summed E-state index contributed by atoms with van der Waals surface area (Å²) in [6.07, 6.45) is 2.88. The SMILES string of the molecule is CCCc1nc(S(N)(=O)=O)cn1Cc1ccc(F)c(Br)c1. The van der Waals surface area contributed by atoms with E-state index in [9.17, 15) is 12.8 Å². The third-order valence-electron chi connectivity index (χ3n) is 2.94. The highest BCUT2D eigenvalue weighted by Crippen LogP contribution is 2.19. The van der Waals surface area contributed by atoms with Crippen molar-refractivity contribution >= 4 is 26.0 Å². The molecule has 21 heavy (non-hydrogen) atoms. The van der Waals surface area contributed by atoms with Gasteiger partial charge in [0, 0.05) is 19.2 Å². The quantitative estimate of drug-likeness (QED) is 0.871. The maximum atomic E-state index is 13.2. The standard InChI is InChI=1S/C13H15BrFN3O2S/c1-2-3-12-17-13(21(16,19)20)8-18(12)7-9-4-5-11(15)10(14)6-9/h4-6,8H,2-3,7H2,1H3,(H2,16,19,20). The van der Waals surface area contributed by atoms with Crippen LogP contribution < -0.4 is 5.14 Å². The molecule has 2 N–H and O–H groups in total. The molecule has 2 rings (SSSR count). The highest BCUT2D eigenvalue weighted by Gasteiger charge is 2.16. The van der Waals surface area contributed by atoms with Crippen LogP contribution in [0.2, 0.25) is 0 Å². The zero-order valence-corrected chi connectivity index (χ0v) is 13.8. The molecule has 0 fully saturated rings. The number of halogens is 2. The maximum Gasteiger partial charge on any atom is 0.257 e. The summed E-state index contributed by atoms with van der Waals surface area (Å²) in [5, 5.41) is 4.97. The van der Waals surface area contributed by atoms with E-state index in [0.29, 0.717) is 23.3 Å². The Morgan fingerprint density at radius 2 is 2.14 bits per heavy atom. The molecular formula is C13H15BrFN3O2S. The number of nitrogens with zero attached hydrogens (tertiary/aromatic N) is 2. The molecule has 114 valence electrons. The minimum Gasteiger partial charge on any atom is -0.329 e. The van der Waals surface area contributed by atoms with Crippen molar-refractivity contribution in [2.45, 2.75) is 31.3 Å². The average Bonchev–Trinajstić information content (AvgIpc) is 2.78. The summed E-state index contributed by atoms with van der Waals surface area (Å²) >= 11 is 3.13. The molecule has 0 amide bonds. The van der Waals surface area contributed by atoms with Crippen LogP contribution in [0.4, 0.5) is 4.39 Å². The normalized spacial score (nSPS) is 11.8. The van der Waals surface area contributed by atoms with Crippen molar-refractivity contribution < 1.29 is 12.8 Å². The van der Waals surface area contributed by atoms with Crippen LogP contribution in [0.25, 0.3) is 0 Å². The smallest absolute Gasteiger partial charge is 0.257 e. The lowest BCUT2D eigenvalue weighted by molar-refractivity contribution is 0.594.